The molecule has 0 unspecified atom stereocenters. The Morgan fingerprint density at radius 1 is 1.15 bits per heavy atom. The molecule has 5 rings (SSSR count). The van der Waals surface area contributed by atoms with Gasteiger partial charge in [0, 0.05) is 29.3 Å². The smallest absolute Gasteiger partial charge is 0.243 e. The van der Waals surface area contributed by atoms with E-state index < -0.39 is 0 Å². The number of halogens is 2. The highest BCUT2D eigenvalue weighted by Crippen LogP contribution is 2.52. The summed E-state index contributed by atoms with van der Waals surface area (Å²) in [4.78, 5) is 21.1. The van der Waals surface area contributed by atoms with Gasteiger partial charge in [-0.3, -0.25) is 4.79 Å². The van der Waals surface area contributed by atoms with Crippen molar-refractivity contribution in [3.8, 4) is 22.6 Å². The van der Waals surface area contributed by atoms with Gasteiger partial charge in [-0.2, -0.15) is 0 Å². The Bertz CT molecular complexity index is 1270. The Morgan fingerprint density at radius 3 is 2.56 bits per heavy atom. The maximum Gasteiger partial charge on any atom is 0.243 e. The van der Waals surface area contributed by atoms with E-state index in [1.165, 1.54) is 12.5 Å². The number of rotatable bonds is 7. The summed E-state index contributed by atoms with van der Waals surface area (Å²) in [6.07, 6.45) is 5.20. The molecular weight excluding hydrogens is 475 g/mol. The van der Waals surface area contributed by atoms with Crippen LogP contribution >= 0.6 is 23.2 Å². The van der Waals surface area contributed by atoms with Crippen molar-refractivity contribution in [3.63, 3.8) is 0 Å². The third-order valence-corrected chi connectivity index (χ3v) is 7.43. The lowest BCUT2D eigenvalue weighted by molar-refractivity contribution is -0.117. The van der Waals surface area contributed by atoms with Crippen molar-refractivity contribution in [3.05, 3.63) is 53.2 Å². The number of hydrogen-bond donors (Lipinski definition) is 2. The van der Waals surface area contributed by atoms with E-state index in [1.807, 2.05) is 18.2 Å². The van der Waals surface area contributed by atoms with Crippen LogP contribution in [0.3, 0.4) is 0 Å². The first-order valence-corrected chi connectivity index (χ1v) is 11.8. The van der Waals surface area contributed by atoms with Crippen LogP contribution in [0.5, 0.6) is 11.5 Å². The number of nitrogens with one attached hydrogen (secondary N) is 2. The summed E-state index contributed by atoms with van der Waals surface area (Å²) < 4.78 is 10.8. The van der Waals surface area contributed by atoms with Crippen LogP contribution in [0.4, 0.5) is 5.95 Å². The molecule has 2 aliphatic carbocycles. The van der Waals surface area contributed by atoms with Gasteiger partial charge in [-0.15, -0.1) is 0 Å². The number of aromatic nitrogens is 2. The minimum Gasteiger partial charge on any atom is -0.495 e. The number of nitrogens with zero attached hydrogens (tertiary/aromatic N) is 2. The molecule has 3 aromatic rings. The Hall–Kier alpha value is -3.03. The van der Waals surface area contributed by atoms with Gasteiger partial charge in [0.1, 0.15) is 11.5 Å². The molecule has 0 aliphatic heterocycles. The van der Waals surface area contributed by atoms with Gasteiger partial charge in [-0.05, 0) is 48.4 Å². The zero-order valence-corrected chi connectivity index (χ0v) is 20.3. The molecule has 0 radical (unpaired) electrons. The molecule has 2 N–H and O–H groups in total. The molecule has 4 atom stereocenters. The normalized spacial score (nSPS) is 22.7. The number of carbonyl (C=O) groups excluding carboxylic acids is 1. The van der Waals surface area contributed by atoms with Crippen LogP contribution in [0.2, 0.25) is 10.0 Å². The zero-order chi connectivity index (χ0) is 24.0. The van der Waals surface area contributed by atoms with Gasteiger partial charge in [0.2, 0.25) is 11.9 Å². The molecule has 1 heterocycles. The largest absolute Gasteiger partial charge is 0.495 e. The van der Waals surface area contributed by atoms with Crippen molar-refractivity contribution >= 4 is 46.0 Å². The number of anilines is 1. The van der Waals surface area contributed by atoms with Crippen molar-refractivity contribution in [1.82, 2.24) is 15.3 Å². The first-order valence-electron chi connectivity index (χ1n) is 11.0. The second-order valence-corrected chi connectivity index (χ2v) is 9.39. The van der Waals surface area contributed by atoms with Gasteiger partial charge >= 0.3 is 0 Å². The molecule has 1 amide bonds. The number of carbonyl (C=O) groups is 1. The fourth-order valence-electron chi connectivity index (χ4n) is 4.90. The number of fused-ring (bicyclic) bond motifs is 2. The summed E-state index contributed by atoms with van der Waals surface area (Å²) in [6, 6.07) is 7.56. The lowest BCUT2D eigenvalue weighted by Gasteiger charge is -2.24. The topological polar surface area (TPSA) is 85.4 Å². The van der Waals surface area contributed by atoms with Gasteiger partial charge in [0.05, 0.1) is 35.8 Å². The highest BCUT2D eigenvalue weighted by Gasteiger charge is 2.54. The average Bonchev–Trinajstić information content (AvgIpc) is 3.53. The predicted octanol–water partition coefficient (Wildman–Crippen LogP) is 5.11. The highest BCUT2D eigenvalue weighted by molar-refractivity contribution is 6.41. The molecule has 2 aromatic carbocycles. The molecule has 0 spiro atoms. The monoisotopic (exact) mass is 498 g/mol. The minimum atomic E-state index is -0.156. The number of amides is 1. The Labute approximate surface area is 207 Å². The van der Waals surface area contributed by atoms with E-state index in [2.05, 4.69) is 22.2 Å². The standard InChI is InChI=1S/C25H24Cl2N4O3/c1-4-20(32)29-17-9-13-8-15(13)24(17)31-25-28-11-14-7-12(5-6-16(14)30-25)21-22(26)18(33-2)10-19(34-3)23(21)27/h4-7,10-11,13,15,17,24H,1,8-9H2,2-3H3,(H,29,32)(H,28,30,31)/t13-,15-,17-,24+/m0/s1. The highest BCUT2D eigenvalue weighted by atomic mass is 35.5. The molecule has 2 saturated carbocycles. The second kappa shape index (κ2) is 8.96. The van der Waals surface area contributed by atoms with Crippen molar-refractivity contribution in [2.75, 3.05) is 19.5 Å². The zero-order valence-electron chi connectivity index (χ0n) is 18.8. The Morgan fingerprint density at radius 2 is 1.88 bits per heavy atom. The second-order valence-electron chi connectivity index (χ2n) is 8.64. The van der Waals surface area contributed by atoms with Crippen LogP contribution < -0.4 is 20.1 Å². The molecular formula is C25H24Cl2N4O3. The van der Waals surface area contributed by atoms with Crippen molar-refractivity contribution < 1.29 is 14.3 Å². The van der Waals surface area contributed by atoms with Crippen molar-refractivity contribution in [2.24, 2.45) is 11.8 Å². The van der Waals surface area contributed by atoms with Gasteiger partial charge in [0.25, 0.3) is 0 Å². The molecule has 1 aromatic heterocycles. The Balaban J connectivity index is 1.44. The summed E-state index contributed by atoms with van der Waals surface area (Å²) in [7, 11) is 3.09. The summed E-state index contributed by atoms with van der Waals surface area (Å²) in [6.45, 7) is 3.55. The van der Waals surface area contributed by atoms with Gasteiger partial charge in [-0.25, -0.2) is 9.97 Å². The number of benzene rings is 2. The van der Waals surface area contributed by atoms with Crippen LogP contribution in [0, 0.1) is 11.8 Å². The summed E-state index contributed by atoms with van der Waals surface area (Å²) in [5.74, 6) is 2.50. The van der Waals surface area contributed by atoms with Crippen molar-refractivity contribution in [1.29, 1.82) is 0 Å². The van der Waals surface area contributed by atoms with Crippen molar-refractivity contribution in [2.45, 2.75) is 24.9 Å². The first-order chi connectivity index (χ1) is 16.4. The van der Waals surface area contributed by atoms with E-state index in [0.29, 0.717) is 44.9 Å². The van der Waals surface area contributed by atoms with Gasteiger partial charge in [0.15, 0.2) is 0 Å². The molecule has 0 saturated heterocycles. The summed E-state index contributed by atoms with van der Waals surface area (Å²) >= 11 is 13.2. The number of ether oxygens (including phenoxy) is 2. The third kappa shape index (κ3) is 4.03. The van der Waals surface area contributed by atoms with E-state index in [0.717, 1.165) is 22.9 Å². The van der Waals surface area contributed by atoms with Crippen LogP contribution in [0.1, 0.15) is 12.8 Å². The summed E-state index contributed by atoms with van der Waals surface area (Å²) in [5.41, 5.74) is 2.20. The molecule has 9 heteroatoms. The minimum absolute atomic E-state index is 0.0447. The van der Waals surface area contributed by atoms with E-state index in [-0.39, 0.29) is 18.0 Å². The quantitative estimate of drug-likeness (QED) is 0.440. The molecule has 0 bridgehead atoms. The lowest BCUT2D eigenvalue weighted by Crippen LogP contribution is -2.45. The van der Waals surface area contributed by atoms with E-state index in [9.17, 15) is 4.79 Å². The molecule has 34 heavy (non-hydrogen) atoms. The number of methoxy groups -OCH3 is 2. The first kappa shape index (κ1) is 22.7. The average molecular weight is 499 g/mol. The lowest BCUT2D eigenvalue weighted by atomic mass is 10.0. The van der Waals surface area contributed by atoms with Gasteiger partial charge < -0.3 is 20.1 Å². The Kier molecular flexibility index (Phi) is 6.00. The van der Waals surface area contributed by atoms with E-state index in [1.54, 1.807) is 26.5 Å². The molecule has 7 nitrogen and oxygen atoms in total. The fourth-order valence-corrected chi connectivity index (χ4v) is 5.62. The van der Waals surface area contributed by atoms with Crippen LogP contribution in [0.25, 0.3) is 22.0 Å². The maximum atomic E-state index is 11.8. The fraction of sp³-hybridized carbons (Fsp3) is 0.320. The number of hydrogen-bond acceptors (Lipinski definition) is 6. The molecule has 2 aliphatic rings. The van der Waals surface area contributed by atoms with E-state index in [4.69, 9.17) is 37.7 Å². The molecule has 176 valence electrons. The van der Waals surface area contributed by atoms with Crippen LogP contribution in [0.15, 0.2) is 43.1 Å². The van der Waals surface area contributed by atoms with Crippen LogP contribution in [-0.4, -0.2) is 42.2 Å². The third-order valence-electron chi connectivity index (χ3n) is 6.68. The maximum absolute atomic E-state index is 11.8. The van der Waals surface area contributed by atoms with Gasteiger partial charge in [-0.1, -0.05) is 35.8 Å². The van der Waals surface area contributed by atoms with Crippen LogP contribution in [-0.2, 0) is 4.79 Å². The SMILES string of the molecule is C=CC(=O)N[C@H]1C[C@@H]2C[C@@H]2[C@H]1Nc1ncc2cc(-c3c(Cl)c(OC)cc(OC)c3Cl)ccc2n1. The predicted molar refractivity (Wildman–Crippen MR) is 134 cm³/mol. The van der Waals surface area contributed by atoms with E-state index >= 15 is 0 Å². The molecule has 2 fully saturated rings. The summed E-state index contributed by atoms with van der Waals surface area (Å²) in [5, 5.41) is 8.13.